The molecule has 25 heavy (non-hydrogen) atoms. The van der Waals surface area contributed by atoms with Crippen molar-refractivity contribution in [2.75, 3.05) is 5.32 Å². The van der Waals surface area contributed by atoms with Crippen molar-refractivity contribution in [2.45, 2.75) is 32.4 Å². The van der Waals surface area contributed by atoms with Crippen molar-refractivity contribution in [3.8, 4) is 0 Å². The van der Waals surface area contributed by atoms with Gasteiger partial charge in [0.1, 0.15) is 0 Å². The van der Waals surface area contributed by atoms with E-state index < -0.39 is 0 Å². The summed E-state index contributed by atoms with van der Waals surface area (Å²) in [6.07, 6.45) is 6.76. The molecular weight excluding hydrogens is 310 g/mol. The Morgan fingerprint density at radius 1 is 1.24 bits per heavy atom. The molecule has 5 nitrogen and oxygen atoms in total. The summed E-state index contributed by atoms with van der Waals surface area (Å²) in [5.41, 5.74) is 11.4. The molecule has 4 rings (SSSR count). The molecule has 0 aliphatic heterocycles. The Labute approximate surface area is 147 Å². The van der Waals surface area contributed by atoms with Crippen molar-refractivity contribution >= 4 is 22.4 Å². The fourth-order valence-corrected chi connectivity index (χ4v) is 3.09. The zero-order valence-electron chi connectivity index (χ0n) is 14.4. The number of nitrogens with two attached hydrogens (primary N) is 1. The maximum Gasteiger partial charge on any atom is 0.223 e. The summed E-state index contributed by atoms with van der Waals surface area (Å²) in [4.78, 5) is 13.5. The smallest absolute Gasteiger partial charge is 0.223 e. The molecule has 0 radical (unpaired) electrons. The van der Waals surface area contributed by atoms with Gasteiger partial charge in [0.2, 0.25) is 5.95 Å². The van der Waals surface area contributed by atoms with Crippen LogP contribution in [0.5, 0.6) is 0 Å². The zero-order chi connectivity index (χ0) is 17.4. The Balaban J connectivity index is 1.72. The van der Waals surface area contributed by atoms with Crippen molar-refractivity contribution in [3.63, 3.8) is 0 Å². The summed E-state index contributed by atoms with van der Waals surface area (Å²) in [6.45, 7) is 4.24. The average Bonchev–Trinajstić information content (AvgIpc) is 2.97. The molecule has 0 saturated carbocycles. The molecule has 0 spiro atoms. The van der Waals surface area contributed by atoms with E-state index in [4.69, 9.17) is 5.73 Å². The molecule has 0 unspecified atom stereocenters. The van der Waals surface area contributed by atoms with Crippen LogP contribution in [-0.4, -0.2) is 21.0 Å². The highest BCUT2D eigenvalue weighted by Crippen LogP contribution is 2.36. The standard InChI is InChI=1S/C20H21N5/c1-3-12(2)24-20-23-11-16-15(10-17(21)19(16)25-20)13-6-7-18-14(9-13)5-4-8-22-18/h4-12,17H,3,21H2,1-2H3,(H,23,24,25)/t12-,17-/m0/s1. The van der Waals surface area contributed by atoms with Crippen molar-refractivity contribution in [3.05, 3.63) is 65.6 Å². The number of fused-ring (bicyclic) bond motifs is 2. The Bertz CT molecular complexity index is 963. The van der Waals surface area contributed by atoms with Crippen LogP contribution in [0, 0.1) is 0 Å². The summed E-state index contributed by atoms with van der Waals surface area (Å²) in [7, 11) is 0. The van der Waals surface area contributed by atoms with E-state index in [0.29, 0.717) is 12.0 Å². The third kappa shape index (κ3) is 2.87. The quantitative estimate of drug-likeness (QED) is 0.762. The molecule has 0 bridgehead atoms. The van der Waals surface area contributed by atoms with Crippen LogP contribution >= 0.6 is 0 Å². The molecular formula is C20H21N5. The Hall–Kier alpha value is -2.79. The number of nitrogens with zero attached hydrogens (tertiary/aromatic N) is 3. The molecule has 1 aliphatic rings. The average molecular weight is 331 g/mol. The van der Waals surface area contributed by atoms with Gasteiger partial charge in [-0.1, -0.05) is 25.1 Å². The molecule has 1 aliphatic carbocycles. The Morgan fingerprint density at radius 2 is 2.12 bits per heavy atom. The lowest BCUT2D eigenvalue weighted by atomic mass is 10.0. The summed E-state index contributed by atoms with van der Waals surface area (Å²) < 4.78 is 0. The van der Waals surface area contributed by atoms with Gasteiger partial charge in [0, 0.05) is 29.4 Å². The summed E-state index contributed by atoms with van der Waals surface area (Å²) in [5.74, 6) is 0.640. The Morgan fingerprint density at radius 3 is 2.96 bits per heavy atom. The second-order valence-corrected chi connectivity index (χ2v) is 6.46. The lowest BCUT2D eigenvalue weighted by Gasteiger charge is -2.13. The molecule has 0 fully saturated rings. The van der Waals surface area contributed by atoms with Crippen LogP contribution in [-0.2, 0) is 0 Å². The van der Waals surface area contributed by atoms with Gasteiger partial charge in [-0.05, 0) is 42.7 Å². The molecule has 3 N–H and O–H groups in total. The maximum absolute atomic E-state index is 6.31. The first-order valence-corrected chi connectivity index (χ1v) is 8.62. The minimum atomic E-state index is -0.213. The number of benzene rings is 1. The summed E-state index contributed by atoms with van der Waals surface area (Å²) in [5, 5.41) is 4.42. The predicted octanol–water partition coefficient (Wildman–Crippen LogP) is 3.68. The molecule has 1 aromatic carbocycles. The molecule has 5 heteroatoms. The van der Waals surface area contributed by atoms with Crippen LogP contribution in [0.15, 0.2) is 48.8 Å². The van der Waals surface area contributed by atoms with E-state index in [1.807, 2.05) is 24.5 Å². The third-order valence-corrected chi connectivity index (χ3v) is 4.67. The number of hydrogen-bond donors (Lipinski definition) is 2. The van der Waals surface area contributed by atoms with Crippen LogP contribution in [0.2, 0.25) is 0 Å². The Kier molecular flexibility index (Phi) is 3.93. The van der Waals surface area contributed by atoms with Crippen LogP contribution < -0.4 is 11.1 Å². The van der Waals surface area contributed by atoms with Gasteiger partial charge in [0.15, 0.2) is 0 Å². The number of aromatic nitrogens is 3. The van der Waals surface area contributed by atoms with Crippen molar-refractivity contribution < 1.29 is 0 Å². The third-order valence-electron chi connectivity index (χ3n) is 4.67. The van der Waals surface area contributed by atoms with Gasteiger partial charge in [-0.3, -0.25) is 4.98 Å². The van der Waals surface area contributed by atoms with Crippen molar-refractivity contribution in [1.29, 1.82) is 0 Å². The minimum absolute atomic E-state index is 0.213. The molecule has 3 aromatic rings. The van der Waals surface area contributed by atoms with Gasteiger partial charge < -0.3 is 11.1 Å². The molecule has 2 atom stereocenters. The van der Waals surface area contributed by atoms with E-state index in [0.717, 1.165) is 39.7 Å². The van der Waals surface area contributed by atoms with Gasteiger partial charge in [0.05, 0.1) is 17.3 Å². The molecule has 0 saturated heterocycles. The van der Waals surface area contributed by atoms with E-state index in [2.05, 4.69) is 58.4 Å². The molecule has 0 amide bonds. The monoisotopic (exact) mass is 331 g/mol. The number of hydrogen-bond acceptors (Lipinski definition) is 5. The van der Waals surface area contributed by atoms with Gasteiger partial charge in [0.25, 0.3) is 0 Å². The minimum Gasteiger partial charge on any atom is -0.352 e. The van der Waals surface area contributed by atoms with Crippen LogP contribution in [0.4, 0.5) is 5.95 Å². The zero-order valence-corrected chi connectivity index (χ0v) is 14.4. The number of anilines is 1. The highest BCUT2D eigenvalue weighted by molar-refractivity contribution is 5.90. The summed E-state index contributed by atoms with van der Waals surface area (Å²) >= 11 is 0. The fraction of sp³-hybridized carbons (Fsp3) is 0.250. The lowest BCUT2D eigenvalue weighted by molar-refractivity contribution is 0.747. The second kappa shape index (κ2) is 6.26. The highest BCUT2D eigenvalue weighted by atomic mass is 15.1. The number of pyridine rings is 1. The normalized spacial score (nSPS) is 17.2. The first-order valence-electron chi connectivity index (χ1n) is 8.62. The van der Waals surface area contributed by atoms with Crippen LogP contribution in [0.3, 0.4) is 0 Å². The van der Waals surface area contributed by atoms with Gasteiger partial charge in [-0.25, -0.2) is 9.97 Å². The fourth-order valence-electron chi connectivity index (χ4n) is 3.09. The molecule has 2 aromatic heterocycles. The maximum atomic E-state index is 6.31. The number of rotatable bonds is 4. The first-order chi connectivity index (χ1) is 12.2. The molecule has 2 heterocycles. The highest BCUT2D eigenvalue weighted by Gasteiger charge is 2.24. The van der Waals surface area contributed by atoms with Gasteiger partial charge in [-0.15, -0.1) is 0 Å². The topological polar surface area (TPSA) is 76.7 Å². The van der Waals surface area contributed by atoms with Crippen LogP contribution in [0.1, 0.15) is 43.1 Å². The van der Waals surface area contributed by atoms with Crippen molar-refractivity contribution in [2.24, 2.45) is 5.73 Å². The lowest BCUT2D eigenvalue weighted by Crippen LogP contribution is -2.17. The van der Waals surface area contributed by atoms with E-state index in [1.54, 1.807) is 0 Å². The van der Waals surface area contributed by atoms with Crippen molar-refractivity contribution in [1.82, 2.24) is 15.0 Å². The van der Waals surface area contributed by atoms with Gasteiger partial charge >= 0.3 is 0 Å². The largest absolute Gasteiger partial charge is 0.352 e. The predicted molar refractivity (Wildman–Crippen MR) is 101 cm³/mol. The first kappa shape index (κ1) is 15.7. The SMILES string of the molecule is CC[C@H](C)Nc1ncc2c(n1)[C@@H](N)C=C2c1ccc2ncccc2c1. The van der Waals surface area contributed by atoms with E-state index in [1.165, 1.54) is 0 Å². The summed E-state index contributed by atoms with van der Waals surface area (Å²) in [6, 6.07) is 10.4. The molecule has 126 valence electrons. The second-order valence-electron chi connectivity index (χ2n) is 6.46. The number of nitrogens with one attached hydrogen (secondary N) is 1. The van der Waals surface area contributed by atoms with Gasteiger partial charge in [-0.2, -0.15) is 0 Å². The van der Waals surface area contributed by atoms with Crippen LogP contribution in [0.25, 0.3) is 16.5 Å². The van der Waals surface area contributed by atoms with E-state index in [-0.39, 0.29) is 6.04 Å². The van der Waals surface area contributed by atoms with E-state index in [9.17, 15) is 0 Å². The van der Waals surface area contributed by atoms with E-state index >= 15 is 0 Å².